The highest BCUT2D eigenvalue weighted by Crippen LogP contribution is 2.22. The van der Waals surface area contributed by atoms with Crippen LogP contribution in [0.5, 0.6) is 0 Å². The van der Waals surface area contributed by atoms with E-state index in [1.54, 1.807) is 6.26 Å². The van der Waals surface area contributed by atoms with Crippen LogP contribution < -0.4 is 5.32 Å². The Bertz CT molecular complexity index is 349. The van der Waals surface area contributed by atoms with Crippen molar-refractivity contribution in [1.82, 2.24) is 5.32 Å². The molecule has 4 heteroatoms. The highest BCUT2D eigenvalue weighted by atomic mass is 32.2. The van der Waals surface area contributed by atoms with E-state index in [4.69, 9.17) is 0 Å². The van der Waals surface area contributed by atoms with E-state index < -0.39 is 10.8 Å². The van der Waals surface area contributed by atoms with Crippen LogP contribution in [0.2, 0.25) is 0 Å². The Hall–Kier alpha value is -0.190. The average molecular weight is 259 g/mol. The van der Waals surface area contributed by atoms with Crippen LogP contribution in [-0.4, -0.2) is 22.3 Å². The minimum absolute atomic E-state index is 0.282. The molecule has 0 saturated heterocycles. The van der Waals surface area contributed by atoms with Gasteiger partial charge in [0.2, 0.25) is 0 Å². The van der Waals surface area contributed by atoms with Crippen molar-refractivity contribution in [3.8, 4) is 0 Å². The van der Waals surface area contributed by atoms with Crippen molar-refractivity contribution >= 4 is 22.1 Å². The maximum atomic E-state index is 11.2. The molecule has 0 radical (unpaired) electrons. The zero-order valence-corrected chi connectivity index (χ0v) is 12.1. The second-order valence-electron chi connectivity index (χ2n) is 4.22. The summed E-state index contributed by atoms with van der Waals surface area (Å²) in [5.41, 5.74) is 0. The summed E-state index contributed by atoms with van der Waals surface area (Å²) in [4.78, 5) is 2.73. The van der Waals surface area contributed by atoms with Crippen LogP contribution in [0.15, 0.2) is 12.1 Å². The molecule has 0 unspecified atom stereocenters. The average Bonchev–Trinajstić information content (AvgIpc) is 2.64. The molecule has 0 saturated carbocycles. The van der Waals surface area contributed by atoms with Gasteiger partial charge >= 0.3 is 0 Å². The molecule has 92 valence electrons. The van der Waals surface area contributed by atoms with Crippen LogP contribution in [0, 0.1) is 6.92 Å². The van der Waals surface area contributed by atoms with Crippen LogP contribution in [0.4, 0.5) is 0 Å². The summed E-state index contributed by atoms with van der Waals surface area (Å²) in [6, 6.07) is 4.73. The number of aryl methyl sites for hydroxylation is 1. The fourth-order valence-electron chi connectivity index (χ4n) is 1.46. The first-order valence-electron chi connectivity index (χ1n) is 5.62. The largest absolute Gasteiger partial charge is 0.309 e. The molecule has 0 bridgehead atoms. The number of hydrogen-bond donors (Lipinski definition) is 1. The van der Waals surface area contributed by atoms with E-state index in [2.05, 4.69) is 31.3 Å². The van der Waals surface area contributed by atoms with Crippen molar-refractivity contribution < 1.29 is 4.21 Å². The Morgan fingerprint density at radius 1 is 1.44 bits per heavy atom. The smallest absolute Gasteiger partial charge is 0.0386 e. The van der Waals surface area contributed by atoms with Gasteiger partial charge in [0.05, 0.1) is 0 Å². The van der Waals surface area contributed by atoms with Crippen molar-refractivity contribution in [1.29, 1.82) is 0 Å². The number of rotatable bonds is 6. The van der Waals surface area contributed by atoms with E-state index >= 15 is 0 Å². The third kappa shape index (κ3) is 4.36. The maximum absolute atomic E-state index is 11.2. The molecule has 0 spiro atoms. The van der Waals surface area contributed by atoms with Gasteiger partial charge in [-0.05, 0) is 38.9 Å². The Labute approximate surface area is 105 Å². The normalized spacial score (nSPS) is 17.0. The predicted molar refractivity (Wildman–Crippen MR) is 73.6 cm³/mol. The minimum atomic E-state index is -0.703. The van der Waals surface area contributed by atoms with Crippen molar-refractivity contribution in [2.75, 3.05) is 12.8 Å². The second-order valence-corrected chi connectivity index (χ2v) is 7.34. The fraction of sp³-hybridized carbons (Fsp3) is 0.667. The van der Waals surface area contributed by atoms with Crippen molar-refractivity contribution in [2.45, 2.75) is 38.5 Å². The summed E-state index contributed by atoms with van der Waals surface area (Å²) in [6.45, 7) is 7.28. The van der Waals surface area contributed by atoms with Gasteiger partial charge in [0.15, 0.2) is 0 Å². The summed E-state index contributed by atoms with van der Waals surface area (Å²) in [7, 11) is -0.703. The lowest BCUT2D eigenvalue weighted by molar-refractivity contribution is 0.560. The lowest BCUT2D eigenvalue weighted by Gasteiger charge is -2.14. The molecule has 0 aliphatic heterocycles. The molecule has 1 aromatic rings. The molecule has 0 fully saturated rings. The topological polar surface area (TPSA) is 29.1 Å². The molecule has 1 N–H and O–H groups in total. The third-order valence-electron chi connectivity index (χ3n) is 2.76. The molecule has 0 aromatic carbocycles. The number of hydrogen-bond acceptors (Lipinski definition) is 3. The van der Waals surface area contributed by atoms with Crippen molar-refractivity contribution in [3.63, 3.8) is 0 Å². The number of thiophene rings is 1. The van der Waals surface area contributed by atoms with E-state index in [0.717, 1.165) is 13.0 Å². The molecule has 0 aliphatic carbocycles. The van der Waals surface area contributed by atoms with Gasteiger partial charge in [-0.1, -0.05) is 6.92 Å². The van der Waals surface area contributed by atoms with Crippen LogP contribution in [-0.2, 0) is 10.8 Å². The first-order chi connectivity index (χ1) is 7.50. The van der Waals surface area contributed by atoms with Gasteiger partial charge in [-0.3, -0.25) is 4.21 Å². The maximum Gasteiger partial charge on any atom is 0.0386 e. The van der Waals surface area contributed by atoms with E-state index in [0.29, 0.717) is 6.04 Å². The van der Waals surface area contributed by atoms with Gasteiger partial charge < -0.3 is 5.32 Å². The molecule has 16 heavy (non-hydrogen) atoms. The van der Waals surface area contributed by atoms with Gasteiger partial charge in [0, 0.05) is 38.1 Å². The first kappa shape index (κ1) is 13.9. The van der Waals surface area contributed by atoms with Crippen LogP contribution in [0.1, 0.15) is 36.1 Å². The number of nitrogens with one attached hydrogen (secondary N) is 1. The van der Waals surface area contributed by atoms with Gasteiger partial charge in [-0.15, -0.1) is 11.3 Å². The fourth-order valence-corrected chi connectivity index (χ4v) is 2.81. The third-order valence-corrected chi connectivity index (χ3v) is 5.31. The Balaban J connectivity index is 2.30. The van der Waals surface area contributed by atoms with E-state index in [1.165, 1.54) is 9.75 Å². The SMILES string of the molecule is Cc1ccc([C@H](C)NCC[C@H](C)[S@](C)=O)s1. The summed E-state index contributed by atoms with van der Waals surface area (Å²) in [6.07, 6.45) is 2.74. The predicted octanol–water partition coefficient (Wildman–Crippen LogP) is 2.86. The van der Waals surface area contributed by atoms with Crippen LogP contribution in [0.25, 0.3) is 0 Å². The molecular weight excluding hydrogens is 238 g/mol. The molecule has 1 rings (SSSR count). The second kappa shape index (κ2) is 6.52. The summed E-state index contributed by atoms with van der Waals surface area (Å²) in [5.74, 6) is 0. The lowest BCUT2D eigenvalue weighted by Crippen LogP contribution is -2.23. The molecule has 2 nitrogen and oxygen atoms in total. The lowest BCUT2D eigenvalue weighted by atomic mass is 10.2. The first-order valence-corrected chi connectivity index (χ1v) is 8.06. The highest BCUT2D eigenvalue weighted by Gasteiger charge is 2.09. The van der Waals surface area contributed by atoms with Crippen LogP contribution in [0.3, 0.4) is 0 Å². The quantitative estimate of drug-likeness (QED) is 0.851. The van der Waals surface area contributed by atoms with E-state index in [9.17, 15) is 4.21 Å². The summed E-state index contributed by atoms with van der Waals surface area (Å²) < 4.78 is 11.2. The molecule has 0 aliphatic rings. The standard InChI is InChI=1S/C12H21NOS2/c1-9-5-6-12(15-9)11(3)13-8-7-10(2)16(4)14/h5-6,10-11,13H,7-8H2,1-4H3/t10-,11-,16-/m0/s1. The Morgan fingerprint density at radius 2 is 2.12 bits per heavy atom. The Kier molecular flexibility index (Phi) is 5.66. The molecule has 0 amide bonds. The highest BCUT2D eigenvalue weighted by molar-refractivity contribution is 7.84. The van der Waals surface area contributed by atoms with Gasteiger partial charge in [0.1, 0.15) is 0 Å². The molecular formula is C12H21NOS2. The van der Waals surface area contributed by atoms with Crippen molar-refractivity contribution in [2.24, 2.45) is 0 Å². The van der Waals surface area contributed by atoms with E-state index in [1.807, 2.05) is 18.3 Å². The van der Waals surface area contributed by atoms with Crippen molar-refractivity contribution in [3.05, 3.63) is 21.9 Å². The van der Waals surface area contributed by atoms with Gasteiger partial charge in [-0.2, -0.15) is 0 Å². The molecule has 1 heterocycles. The summed E-state index contributed by atoms with van der Waals surface area (Å²) in [5, 5.41) is 3.76. The minimum Gasteiger partial charge on any atom is -0.309 e. The zero-order valence-electron chi connectivity index (χ0n) is 10.4. The monoisotopic (exact) mass is 259 g/mol. The van der Waals surface area contributed by atoms with Crippen LogP contribution >= 0.6 is 11.3 Å². The summed E-state index contributed by atoms with van der Waals surface area (Å²) >= 11 is 1.84. The molecule has 3 atom stereocenters. The van der Waals surface area contributed by atoms with Gasteiger partial charge in [0.25, 0.3) is 0 Å². The molecule has 1 aromatic heterocycles. The van der Waals surface area contributed by atoms with Gasteiger partial charge in [-0.25, -0.2) is 0 Å². The zero-order chi connectivity index (χ0) is 12.1. The Morgan fingerprint density at radius 3 is 2.62 bits per heavy atom. The van der Waals surface area contributed by atoms with E-state index in [-0.39, 0.29) is 5.25 Å².